The molecule has 142 valence electrons. The van der Waals surface area contributed by atoms with Crippen molar-refractivity contribution in [1.82, 2.24) is 15.0 Å². The van der Waals surface area contributed by atoms with Crippen LogP contribution in [0.25, 0.3) is 21.5 Å². The van der Waals surface area contributed by atoms with Crippen molar-refractivity contribution in [3.63, 3.8) is 0 Å². The topological polar surface area (TPSA) is 68.5 Å². The summed E-state index contributed by atoms with van der Waals surface area (Å²) in [5, 5.41) is 7.97. The number of aromatic nitrogens is 2. The summed E-state index contributed by atoms with van der Waals surface area (Å²) >= 11 is 1.54. The predicted octanol–water partition coefficient (Wildman–Crippen LogP) is 4.38. The molecule has 4 rings (SSSR count). The Hall–Kier alpha value is -3.19. The van der Waals surface area contributed by atoms with Gasteiger partial charge in [-0.3, -0.25) is 4.79 Å². The molecule has 28 heavy (non-hydrogen) atoms. The normalized spacial score (nSPS) is 12.1. The van der Waals surface area contributed by atoms with Crippen molar-refractivity contribution >= 4 is 28.0 Å². The van der Waals surface area contributed by atoms with Crippen molar-refractivity contribution in [2.45, 2.75) is 19.6 Å². The van der Waals surface area contributed by atoms with E-state index in [2.05, 4.69) is 10.1 Å². The number of hydrogen-bond acceptors (Lipinski definition) is 6. The lowest BCUT2D eigenvalue weighted by Crippen LogP contribution is -2.37. The number of rotatable bonds is 6. The molecule has 0 aliphatic carbocycles. The summed E-state index contributed by atoms with van der Waals surface area (Å²) in [5.74, 6) is 1.44. The molecule has 2 heterocycles. The standard InChI is InChI=1S/C21H19N3O3S/c1-14(26-17-10-5-8-15-7-3-4-9-16(15)17)21(25)24(2)13-19-22-20(23-27-19)18-11-6-12-28-18/h3-12,14H,13H2,1-2H3/t14-/m0/s1. The fourth-order valence-electron chi connectivity index (χ4n) is 2.96. The van der Waals surface area contributed by atoms with Gasteiger partial charge in [-0.1, -0.05) is 47.6 Å². The van der Waals surface area contributed by atoms with Crippen LogP contribution in [0.4, 0.5) is 0 Å². The second-order valence-electron chi connectivity index (χ2n) is 6.42. The maximum Gasteiger partial charge on any atom is 0.263 e. The summed E-state index contributed by atoms with van der Waals surface area (Å²) in [7, 11) is 1.69. The van der Waals surface area contributed by atoms with Gasteiger partial charge >= 0.3 is 0 Å². The number of carbonyl (C=O) groups excluding carboxylic acids is 1. The van der Waals surface area contributed by atoms with Gasteiger partial charge in [0.05, 0.1) is 11.4 Å². The molecule has 2 aromatic carbocycles. The van der Waals surface area contributed by atoms with E-state index < -0.39 is 6.10 Å². The molecular formula is C21H19N3O3S. The lowest BCUT2D eigenvalue weighted by molar-refractivity contribution is -0.137. The number of fused-ring (bicyclic) bond motifs is 1. The monoisotopic (exact) mass is 393 g/mol. The summed E-state index contributed by atoms with van der Waals surface area (Å²) in [6, 6.07) is 17.6. The van der Waals surface area contributed by atoms with E-state index in [0.29, 0.717) is 17.5 Å². The van der Waals surface area contributed by atoms with E-state index in [1.54, 1.807) is 14.0 Å². The number of thiophene rings is 1. The third-order valence-electron chi connectivity index (χ3n) is 4.36. The van der Waals surface area contributed by atoms with Gasteiger partial charge in [0.15, 0.2) is 6.10 Å². The van der Waals surface area contributed by atoms with Crippen LogP contribution in [0, 0.1) is 0 Å². The van der Waals surface area contributed by atoms with Crippen LogP contribution in [-0.2, 0) is 11.3 Å². The SMILES string of the molecule is C[C@H](Oc1cccc2ccccc12)C(=O)N(C)Cc1nc(-c2cccs2)no1. The zero-order chi connectivity index (χ0) is 19.5. The molecule has 0 spiro atoms. The fourth-order valence-corrected chi connectivity index (χ4v) is 3.60. The number of amides is 1. The Morgan fingerprint density at radius 1 is 1.18 bits per heavy atom. The Labute approximate surface area is 166 Å². The number of hydrogen-bond donors (Lipinski definition) is 0. The minimum Gasteiger partial charge on any atom is -0.480 e. The summed E-state index contributed by atoms with van der Waals surface area (Å²) < 4.78 is 11.2. The molecule has 0 saturated heterocycles. The van der Waals surface area contributed by atoms with Gasteiger partial charge in [-0.25, -0.2) is 0 Å². The van der Waals surface area contributed by atoms with Crippen molar-refractivity contribution in [2.75, 3.05) is 7.05 Å². The van der Waals surface area contributed by atoms with Crippen LogP contribution >= 0.6 is 11.3 Å². The highest BCUT2D eigenvalue weighted by atomic mass is 32.1. The molecular weight excluding hydrogens is 374 g/mol. The molecule has 0 aliphatic rings. The van der Waals surface area contributed by atoms with Crippen LogP contribution in [0.3, 0.4) is 0 Å². The first-order chi connectivity index (χ1) is 13.6. The van der Waals surface area contributed by atoms with Crippen molar-refractivity contribution < 1.29 is 14.1 Å². The molecule has 0 aliphatic heterocycles. The van der Waals surface area contributed by atoms with E-state index in [1.165, 1.54) is 16.2 Å². The molecule has 2 aromatic heterocycles. The van der Waals surface area contributed by atoms with E-state index in [9.17, 15) is 4.79 Å². The van der Waals surface area contributed by atoms with E-state index in [0.717, 1.165) is 15.6 Å². The highest BCUT2D eigenvalue weighted by Crippen LogP contribution is 2.26. The van der Waals surface area contributed by atoms with E-state index in [-0.39, 0.29) is 12.5 Å². The van der Waals surface area contributed by atoms with Crippen LogP contribution in [0.15, 0.2) is 64.5 Å². The first kappa shape index (κ1) is 18.2. The molecule has 0 bridgehead atoms. The molecule has 0 N–H and O–H groups in total. The fraction of sp³-hybridized carbons (Fsp3) is 0.190. The lowest BCUT2D eigenvalue weighted by Gasteiger charge is -2.21. The quantitative estimate of drug-likeness (QED) is 0.486. The molecule has 1 atom stereocenters. The second kappa shape index (κ2) is 7.82. The zero-order valence-electron chi connectivity index (χ0n) is 15.5. The number of likely N-dealkylation sites (N-methyl/N-ethyl adjacent to an activating group) is 1. The van der Waals surface area contributed by atoms with Gasteiger partial charge in [-0.05, 0) is 29.8 Å². The lowest BCUT2D eigenvalue weighted by atomic mass is 10.1. The summed E-state index contributed by atoms with van der Waals surface area (Å²) in [5.41, 5.74) is 0. The summed E-state index contributed by atoms with van der Waals surface area (Å²) in [6.07, 6.45) is -0.643. The van der Waals surface area contributed by atoms with Crippen LogP contribution < -0.4 is 4.74 Å². The molecule has 0 saturated carbocycles. The predicted molar refractivity (Wildman–Crippen MR) is 108 cm³/mol. The van der Waals surface area contributed by atoms with Gasteiger partial charge in [0.2, 0.25) is 11.7 Å². The Bertz CT molecular complexity index is 1090. The van der Waals surface area contributed by atoms with E-state index in [4.69, 9.17) is 9.26 Å². The molecule has 6 nitrogen and oxygen atoms in total. The molecule has 4 aromatic rings. The molecule has 7 heteroatoms. The van der Waals surface area contributed by atoms with Gasteiger partial charge in [0, 0.05) is 12.4 Å². The minimum absolute atomic E-state index is 0.163. The molecule has 0 radical (unpaired) electrons. The maximum atomic E-state index is 12.7. The number of carbonyl (C=O) groups is 1. The summed E-state index contributed by atoms with van der Waals surface area (Å²) in [4.78, 5) is 19.6. The third kappa shape index (κ3) is 3.75. The van der Waals surface area contributed by atoms with Crippen molar-refractivity contribution in [2.24, 2.45) is 0 Å². The third-order valence-corrected chi connectivity index (χ3v) is 5.23. The van der Waals surface area contributed by atoms with Gasteiger partial charge in [-0.2, -0.15) is 4.98 Å². The molecule has 0 fully saturated rings. The molecule has 1 amide bonds. The van der Waals surface area contributed by atoms with Crippen molar-refractivity contribution in [1.29, 1.82) is 0 Å². The Morgan fingerprint density at radius 3 is 2.82 bits per heavy atom. The van der Waals surface area contributed by atoms with Crippen LogP contribution in [0.5, 0.6) is 5.75 Å². The van der Waals surface area contributed by atoms with Crippen molar-refractivity contribution in [3.8, 4) is 16.5 Å². The smallest absolute Gasteiger partial charge is 0.263 e. The maximum absolute atomic E-state index is 12.7. The van der Waals surface area contributed by atoms with Crippen LogP contribution in [0.2, 0.25) is 0 Å². The number of nitrogens with zero attached hydrogens (tertiary/aromatic N) is 3. The average Bonchev–Trinajstić information content (AvgIpc) is 3.39. The Kier molecular flexibility index (Phi) is 5.08. The van der Waals surface area contributed by atoms with Gasteiger partial charge in [-0.15, -0.1) is 11.3 Å². The molecule has 0 unspecified atom stereocenters. The van der Waals surface area contributed by atoms with E-state index >= 15 is 0 Å². The van der Waals surface area contributed by atoms with Crippen LogP contribution in [0.1, 0.15) is 12.8 Å². The van der Waals surface area contributed by atoms with Crippen LogP contribution in [-0.4, -0.2) is 34.1 Å². The highest BCUT2D eigenvalue weighted by molar-refractivity contribution is 7.13. The first-order valence-electron chi connectivity index (χ1n) is 8.87. The summed E-state index contributed by atoms with van der Waals surface area (Å²) in [6.45, 7) is 1.96. The number of ether oxygens (including phenoxy) is 1. The van der Waals surface area contributed by atoms with Crippen molar-refractivity contribution in [3.05, 3.63) is 65.9 Å². The Balaban J connectivity index is 1.43. The Morgan fingerprint density at radius 2 is 2.00 bits per heavy atom. The highest BCUT2D eigenvalue weighted by Gasteiger charge is 2.22. The zero-order valence-corrected chi connectivity index (χ0v) is 16.3. The largest absolute Gasteiger partial charge is 0.480 e. The van der Waals surface area contributed by atoms with Gasteiger partial charge < -0.3 is 14.2 Å². The van der Waals surface area contributed by atoms with E-state index in [1.807, 2.05) is 60.0 Å². The number of benzene rings is 2. The second-order valence-corrected chi connectivity index (χ2v) is 7.37. The van der Waals surface area contributed by atoms with Gasteiger partial charge in [0.1, 0.15) is 5.75 Å². The minimum atomic E-state index is -0.643. The van der Waals surface area contributed by atoms with Gasteiger partial charge in [0.25, 0.3) is 5.91 Å². The average molecular weight is 393 g/mol. The first-order valence-corrected chi connectivity index (χ1v) is 9.75.